The predicted molar refractivity (Wildman–Crippen MR) is 80.0 cm³/mol. The van der Waals surface area contributed by atoms with Gasteiger partial charge in [0.15, 0.2) is 0 Å². The van der Waals surface area contributed by atoms with E-state index in [1.807, 2.05) is 16.9 Å². The zero-order valence-electron chi connectivity index (χ0n) is 11.1. The van der Waals surface area contributed by atoms with E-state index in [4.69, 9.17) is 4.74 Å². The maximum Gasteiger partial charge on any atom is 0.133 e. The summed E-state index contributed by atoms with van der Waals surface area (Å²) in [5.41, 5.74) is 0. The van der Waals surface area contributed by atoms with E-state index in [0.717, 1.165) is 18.8 Å². The van der Waals surface area contributed by atoms with Crippen molar-refractivity contribution < 1.29 is 4.74 Å². The predicted octanol–water partition coefficient (Wildman–Crippen LogP) is 5.26. The van der Waals surface area contributed by atoms with Crippen LogP contribution in [-0.4, -0.2) is 11.9 Å². The molecule has 1 nitrogen and oxygen atoms in total. The fourth-order valence-electron chi connectivity index (χ4n) is 1.19. The van der Waals surface area contributed by atoms with Gasteiger partial charge in [0.25, 0.3) is 0 Å². The number of rotatable bonds is 7. The molecule has 3 heteroatoms. The van der Waals surface area contributed by atoms with E-state index in [-0.39, 0.29) is 0 Å². The third-order valence-electron chi connectivity index (χ3n) is 2.13. The van der Waals surface area contributed by atoms with E-state index < -0.39 is 0 Å². The molecule has 1 rings (SSSR count). The number of para-hydroxylation sites is 1. The zero-order valence-corrected chi connectivity index (χ0v) is 12.7. The molecule has 0 unspecified atom stereocenters. The van der Waals surface area contributed by atoms with Gasteiger partial charge in [0.1, 0.15) is 5.75 Å². The van der Waals surface area contributed by atoms with E-state index in [2.05, 4.69) is 45.9 Å². The molecule has 1 aromatic rings. The van der Waals surface area contributed by atoms with Gasteiger partial charge in [-0.2, -0.15) is 0 Å². The monoisotopic (exact) mass is 270 g/mol. The fraction of sp³-hybridized carbons (Fsp3) is 0.571. The van der Waals surface area contributed by atoms with Gasteiger partial charge >= 0.3 is 0 Å². The summed E-state index contributed by atoms with van der Waals surface area (Å²) < 4.78 is 5.85. The second-order valence-electron chi connectivity index (χ2n) is 4.71. The summed E-state index contributed by atoms with van der Waals surface area (Å²) >= 11 is 0. The van der Waals surface area contributed by atoms with Gasteiger partial charge in [-0.3, -0.25) is 0 Å². The topological polar surface area (TPSA) is 9.23 Å². The molecule has 0 N–H and O–H groups in total. The van der Waals surface area contributed by atoms with Crippen LogP contribution in [0, 0.1) is 5.92 Å². The summed E-state index contributed by atoms with van der Waals surface area (Å²) in [7, 11) is 3.68. The van der Waals surface area contributed by atoms with Crippen molar-refractivity contribution in [3.63, 3.8) is 0 Å². The van der Waals surface area contributed by atoms with E-state index in [0.29, 0.717) is 11.2 Å². The maximum atomic E-state index is 5.85. The normalized spacial score (nSPS) is 11.2. The molecule has 0 aromatic heterocycles. The van der Waals surface area contributed by atoms with Crippen LogP contribution >= 0.6 is 21.6 Å². The smallest absolute Gasteiger partial charge is 0.133 e. The van der Waals surface area contributed by atoms with Gasteiger partial charge in [-0.05, 0) is 24.5 Å². The molecule has 17 heavy (non-hydrogen) atoms. The summed E-state index contributed by atoms with van der Waals surface area (Å²) in [6.07, 6.45) is 1.11. The molecule has 1 aromatic carbocycles. The van der Waals surface area contributed by atoms with Crippen molar-refractivity contribution in [3.8, 4) is 5.75 Å². The lowest BCUT2D eigenvalue weighted by Crippen LogP contribution is -2.01. The van der Waals surface area contributed by atoms with Crippen molar-refractivity contribution in [2.45, 2.75) is 44.3 Å². The lowest BCUT2D eigenvalue weighted by Gasteiger charge is -2.12. The Morgan fingerprint density at radius 2 is 1.82 bits per heavy atom. The highest BCUT2D eigenvalue weighted by molar-refractivity contribution is 8.77. The minimum Gasteiger partial charge on any atom is -0.492 e. The van der Waals surface area contributed by atoms with Crippen LogP contribution in [-0.2, 0) is 0 Å². The minimum absolute atomic E-state index is 0.628. The Kier molecular flexibility index (Phi) is 6.90. The average molecular weight is 270 g/mol. The minimum atomic E-state index is 0.628. The van der Waals surface area contributed by atoms with Crippen molar-refractivity contribution in [1.29, 1.82) is 0 Å². The lowest BCUT2D eigenvalue weighted by molar-refractivity contribution is 0.283. The molecule has 0 radical (unpaired) electrons. The van der Waals surface area contributed by atoms with Gasteiger partial charge < -0.3 is 4.74 Å². The number of ether oxygens (including phenoxy) is 1. The van der Waals surface area contributed by atoms with Gasteiger partial charge in [-0.25, -0.2) is 0 Å². The molecule has 0 spiro atoms. The Bertz CT molecular complexity index is 324. The molecule has 0 fully saturated rings. The standard InChI is InChI=1S/C14H22OS2/c1-11(2)9-10-15-13-7-5-6-8-14(13)17-16-12(3)4/h5-8,11-12H,9-10H2,1-4H3. The van der Waals surface area contributed by atoms with Crippen molar-refractivity contribution in [2.24, 2.45) is 5.92 Å². The first-order chi connectivity index (χ1) is 8.09. The van der Waals surface area contributed by atoms with E-state index in [1.54, 1.807) is 10.8 Å². The van der Waals surface area contributed by atoms with Crippen LogP contribution in [0.1, 0.15) is 34.1 Å². The third kappa shape index (κ3) is 6.27. The van der Waals surface area contributed by atoms with E-state index in [9.17, 15) is 0 Å². The molecule has 0 heterocycles. The van der Waals surface area contributed by atoms with Crippen LogP contribution in [0.15, 0.2) is 29.2 Å². The summed E-state index contributed by atoms with van der Waals surface area (Å²) in [4.78, 5) is 1.23. The van der Waals surface area contributed by atoms with Crippen LogP contribution < -0.4 is 4.74 Å². The molecule has 0 aliphatic heterocycles. The van der Waals surface area contributed by atoms with Gasteiger partial charge in [0.05, 0.1) is 11.5 Å². The Labute approximate surface area is 113 Å². The Morgan fingerprint density at radius 3 is 2.47 bits per heavy atom. The summed E-state index contributed by atoms with van der Waals surface area (Å²) in [6.45, 7) is 9.67. The van der Waals surface area contributed by atoms with Crippen LogP contribution in [0.5, 0.6) is 5.75 Å². The first-order valence-electron chi connectivity index (χ1n) is 6.14. The number of benzene rings is 1. The Balaban J connectivity index is 2.51. The molecule has 0 saturated carbocycles. The maximum absolute atomic E-state index is 5.85. The second kappa shape index (κ2) is 7.93. The van der Waals surface area contributed by atoms with Crippen molar-refractivity contribution in [3.05, 3.63) is 24.3 Å². The molecule has 96 valence electrons. The molecule has 0 atom stereocenters. The first kappa shape index (κ1) is 14.8. The average Bonchev–Trinajstić information content (AvgIpc) is 2.27. The van der Waals surface area contributed by atoms with Crippen molar-refractivity contribution in [2.75, 3.05) is 6.61 Å². The molecule has 0 amide bonds. The molecule has 0 aliphatic carbocycles. The third-order valence-corrected chi connectivity index (χ3v) is 5.11. The highest BCUT2D eigenvalue weighted by Gasteiger charge is 2.05. The van der Waals surface area contributed by atoms with E-state index in [1.165, 1.54) is 4.90 Å². The summed E-state index contributed by atoms with van der Waals surface area (Å²) in [5, 5.41) is 0.628. The van der Waals surface area contributed by atoms with E-state index >= 15 is 0 Å². The lowest BCUT2D eigenvalue weighted by atomic mass is 10.1. The number of hydrogen-bond donors (Lipinski definition) is 0. The SMILES string of the molecule is CC(C)CCOc1ccccc1SSC(C)C. The highest BCUT2D eigenvalue weighted by atomic mass is 33.1. The highest BCUT2D eigenvalue weighted by Crippen LogP contribution is 2.39. The van der Waals surface area contributed by atoms with Crippen LogP contribution in [0.3, 0.4) is 0 Å². The van der Waals surface area contributed by atoms with Crippen molar-refractivity contribution >= 4 is 21.6 Å². The van der Waals surface area contributed by atoms with Gasteiger partial charge in [-0.15, -0.1) is 0 Å². The second-order valence-corrected chi connectivity index (χ2v) is 7.53. The molecular weight excluding hydrogens is 248 g/mol. The molecular formula is C14H22OS2. The Hall–Kier alpha value is -0.280. The fourth-order valence-corrected chi connectivity index (χ4v) is 3.13. The summed E-state index contributed by atoms with van der Waals surface area (Å²) in [5.74, 6) is 1.71. The van der Waals surface area contributed by atoms with Crippen LogP contribution in [0.2, 0.25) is 0 Å². The molecule has 0 bridgehead atoms. The quantitative estimate of drug-likeness (QED) is 0.625. The van der Waals surface area contributed by atoms with Crippen molar-refractivity contribution in [1.82, 2.24) is 0 Å². The van der Waals surface area contributed by atoms with Crippen LogP contribution in [0.25, 0.3) is 0 Å². The Morgan fingerprint density at radius 1 is 1.12 bits per heavy atom. The molecule has 0 aliphatic rings. The van der Waals surface area contributed by atoms with Gasteiger partial charge in [-0.1, -0.05) is 61.4 Å². The van der Waals surface area contributed by atoms with Crippen LogP contribution in [0.4, 0.5) is 0 Å². The summed E-state index contributed by atoms with van der Waals surface area (Å²) in [6, 6.07) is 8.29. The first-order valence-corrected chi connectivity index (χ1v) is 8.36. The number of hydrogen-bond acceptors (Lipinski definition) is 3. The van der Waals surface area contributed by atoms with Gasteiger partial charge in [0, 0.05) is 5.25 Å². The van der Waals surface area contributed by atoms with Gasteiger partial charge in [0.2, 0.25) is 0 Å². The molecule has 0 saturated heterocycles. The zero-order chi connectivity index (χ0) is 12.7. The largest absolute Gasteiger partial charge is 0.492 e.